The summed E-state index contributed by atoms with van der Waals surface area (Å²) in [6, 6.07) is 2.23. The number of carbonyl (C=O) groups excluding carboxylic acids is 1. The minimum atomic E-state index is -0.539. The number of anilines is 1. The summed E-state index contributed by atoms with van der Waals surface area (Å²) in [5.74, 6) is 0.964. The molecule has 5 heteroatoms. The van der Waals surface area contributed by atoms with Gasteiger partial charge in [0.25, 0.3) is 0 Å². The lowest BCUT2D eigenvalue weighted by Gasteiger charge is -2.20. The maximum Gasteiger partial charge on any atom is 0.234 e. The Kier molecular flexibility index (Phi) is 5.82. The van der Waals surface area contributed by atoms with E-state index in [-0.39, 0.29) is 24.4 Å². The Morgan fingerprint density at radius 1 is 1.33 bits per heavy atom. The largest absolute Gasteiger partial charge is 0.488 e. The van der Waals surface area contributed by atoms with Crippen molar-refractivity contribution in [3.8, 4) is 5.75 Å². The topological polar surface area (TPSA) is 64.3 Å². The number of rotatable bonds is 6. The van der Waals surface area contributed by atoms with Crippen LogP contribution in [-0.4, -0.2) is 18.6 Å². The highest BCUT2D eigenvalue weighted by molar-refractivity contribution is 6.07. The highest BCUT2D eigenvalue weighted by Gasteiger charge is 2.44. The van der Waals surface area contributed by atoms with Crippen molar-refractivity contribution in [2.75, 3.05) is 11.9 Å². The number of fused-ring (bicyclic) bond motifs is 3. The summed E-state index contributed by atoms with van der Waals surface area (Å²) < 4.78 is 6.06. The molecule has 3 N–H and O–H groups in total. The summed E-state index contributed by atoms with van der Waals surface area (Å²) >= 11 is 0. The zero-order valence-corrected chi connectivity index (χ0v) is 15.7. The number of hydrogen-bond donors (Lipinski definition) is 2. The Bertz CT molecular complexity index is 628. The monoisotopic (exact) mass is 352 g/mol. The Balaban J connectivity index is 0.00000208. The molecule has 0 radical (unpaired) electrons. The molecule has 2 aliphatic heterocycles. The number of benzene rings is 1. The highest BCUT2D eigenvalue weighted by Crippen LogP contribution is 2.49. The number of ether oxygens (including phenoxy) is 1. The number of halogens is 1. The molecule has 1 aromatic rings. The minimum absolute atomic E-state index is 0. The van der Waals surface area contributed by atoms with Crippen LogP contribution in [0.5, 0.6) is 5.75 Å². The van der Waals surface area contributed by atoms with Crippen LogP contribution < -0.4 is 15.8 Å². The molecule has 24 heavy (non-hydrogen) atoms. The van der Waals surface area contributed by atoms with E-state index < -0.39 is 5.41 Å². The molecular weight excluding hydrogens is 324 g/mol. The van der Waals surface area contributed by atoms with Crippen LogP contribution in [0.4, 0.5) is 5.69 Å². The quantitative estimate of drug-likeness (QED) is 0.767. The summed E-state index contributed by atoms with van der Waals surface area (Å²) in [7, 11) is 0. The smallest absolute Gasteiger partial charge is 0.234 e. The van der Waals surface area contributed by atoms with Crippen LogP contribution in [0.2, 0.25) is 0 Å². The third-order valence-corrected chi connectivity index (χ3v) is 5.16. The van der Waals surface area contributed by atoms with E-state index in [9.17, 15) is 4.79 Å². The van der Waals surface area contributed by atoms with E-state index in [0.29, 0.717) is 6.54 Å². The molecule has 0 saturated heterocycles. The summed E-state index contributed by atoms with van der Waals surface area (Å²) in [6.07, 6.45) is 6.81. The molecule has 1 amide bonds. The van der Waals surface area contributed by atoms with Crippen molar-refractivity contribution in [3.63, 3.8) is 0 Å². The number of hydrogen-bond acceptors (Lipinski definition) is 3. The zero-order chi connectivity index (χ0) is 16.6. The first-order chi connectivity index (χ1) is 11.0. The van der Waals surface area contributed by atoms with Gasteiger partial charge in [0.1, 0.15) is 11.9 Å². The van der Waals surface area contributed by atoms with E-state index in [2.05, 4.69) is 18.3 Å². The van der Waals surface area contributed by atoms with Gasteiger partial charge in [-0.05, 0) is 43.9 Å². The van der Waals surface area contributed by atoms with Crippen molar-refractivity contribution in [1.29, 1.82) is 0 Å². The molecule has 1 atom stereocenters. The van der Waals surface area contributed by atoms with E-state index in [1.165, 1.54) is 30.4 Å². The SMILES string of the molecule is CCCCCCc1cc2c(c3c1NC(=O)C3(C)C)OC(CN)C2.Cl. The summed E-state index contributed by atoms with van der Waals surface area (Å²) in [5, 5.41) is 3.11. The Hall–Kier alpha value is -1.26. The van der Waals surface area contributed by atoms with Crippen LogP contribution in [0.1, 0.15) is 63.1 Å². The van der Waals surface area contributed by atoms with Crippen molar-refractivity contribution in [2.24, 2.45) is 5.73 Å². The van der Waals surface area contributed by atoms with E-state index in [4.69, 9.17) is 10.5 Å². The molecule has 1 aromatic carbocycles. The van der Waals surface area contributed by atoms with Gasteiger partial charge in [0.2, 0.25) is 5.91 Å². The van der Waals surface area contributed by atoms with Gasteiger partial charge in [-0.1, -0.05) is 26.2 Å². The van der Waals surface area contributed by atoms with Gasteiger partial charge in [-0.25, -0.2) is 0 Å². The fourth-order valence-corrected chi connectivity index (χ4v) is 3.72. The molecule has 0 bridgehead atoms. The fourth-order valence-electron chi connectivity index (χ4n) is 3.72. The molecule has 0 aliphatic carbocycles. The van der Waals surface area contributed by atoms with Crippen molar-refractivity contribution in [3.05, 3.63) is 22.8 Å². The highest BCUT2D eigenvalue weighted by atomic mass is 35.5. The Morgan fingerprint density at radius 2 is 2.08 bits per heavy atom. The fraction of sp³-hybridized carbons (Fsp3) is 0.632. The predicted molar refractivity (Wildman–Crippen MR) is 100 cm³/mol. The van der Waals surface area contributed by atoms with Gasteiger partial charge in [-0.3, -0.25) is 4.79 Å². The third kappa shape index (κ3) is 3.14. The van der Waals surface area contributed by atoms with E-state index in [1.54, 1.807) is 0 Å². The Morgan fingerprint density at radius 3 is 2.75 bits per heavy atom. The van der Waals surface area contributed by atoms with Gasteiger partial charge in [0, 0.05) is 18.5 Å². The zero-order valence-electron chi connectivity index (χ0n) is 14.9. The molecule has 0 aromatic heterocycles. The van der Waals surface area contributed by atoms with Crippen LogP contribution in [0, 0.1) is 0 Å². The summed E-state index contributed by atoms with van der Waals surface area (Å²) in [5.41, 5.74) is 9.77. The maximum absolute atomic E-state index is 12.4. The average Bonchev–Trinajstić information content (AvgIpc) is 3.02. The Labute approximate surface area is 150 Å². The van der Waals surface area contributed by atoms with Crippen molar-refractivity contribution < 1.29 is 9.53 Å². The molecule has 3 rings (SSSR count). The van der Waals surface area contributed by atoms with Crippen LogP contribution in [0.25, 0.3) is 0 Å². The lowest BCUT2D eigenvalue weighted by atomic mass is 9.83. The summed E-state index contributed by atoms with van der Waals surface area (Å²) in [6.45, 7) is 6.69. The first-order valence-electron chi connectivity index (χ1n) is 8.86. The second kappa shape index (κ2) is 7.32. The standard InChI is InChI=1S/C19H28N2O2.ClH/c1-4-5-6-7-8-12-9-13-10-14(11-20)23-17(13)15-16(12)21-18(22)19(15,2)3;/h9,14H,4-8,10-11,20H2,1-3H3,(H,21,22);1H. The van der Waals surface area contributed by atoms with Crippen LogP contribution in [0.15, 0.2) is 6.07 Å². The van der Waals surface area contributed by atoms with Crippen molar-refractivity contribution >= 4 is 24.0 Å². The lowest BCUT2D eigenvalue weighted by molar-refractivity contribution is -0.119. The number of amides is 1. The van der Waals surface area contributed by atoms with E-state index in [0.717, 1.165) is 36.3 Å². The number of unbranched alkanes of at least 4 members (excludes halogenated alkanes) is 3. The van der Waals surface area contributed by atoms with E-state index in [1.807, 2.05) is 13.8 Å². The predicted octanol–water partition coefficient (Wildman–Crippen LogP) is 3.72. The van der Waals surface area contributed by atoms with Gasteiger partial charge in [-0.15, -0.1) is 12.4 Å². The first kappa shape index (κ1) is 19.1. The average molecular weight is 353 g/mol. The van der Waals surface area contributed by atoms with Gasteiger partial charge >= 0.3 is 0 Å². The second-order valence-electron chi connectivity index (χ2n) is 7.34. The number of aryl methyl sites for hydroxylation is 1. The molecule has 1 unspecified atom stereocenters. The molecular formula is C19H29ClN2O2. The molecule has 0 spiro atoms. The maximum atomic E-state index is 12.4. The van der Waals surface area contributed by atoms with Gasteiger partial charge < -0.3 is 15.8 Å². The lowest BCUT2D eigenvalue weighted by Crippen LogP contribution is -2.28. The minimum Gasteiger partial charge on any atom is -0.488 e. The van der Waals surface area contributed by atoms with Crippen molar-refractivity contribution in [2.45, 2.75) is 70.8 Å². The van der Waals surface area contributed by atoms with Crippen LogP contribution >= 0.6 is 12.4 Å². The van der Waals surface area contributed by atoms with Gasteiger partial charge in [0.05, 0.1) is 11.1 Å². The van der Waals surface area contributed by atoms with Crippen LogP contribution in [0.3, 0.4) is 0 Å². The van der Waals surface area contributed by atoms with Crippen molar-refractivity contribution in [1.82, 2.24) is 0 Å². The molecule has 134 valence electrons. The molecule has 2 heterocycles. The van der Waals surface area contributed by atoms with E-state index >= 15 is 0 Å². The van der Waals surface area contributed by atoms with Gasteiger partial charge in [0.15, 0.2) is 0 Å². The number of nitrogens with two attached hydrogens (primary N) is 1. The normalized spacial score (nSPS) is 20.0. The second-order valence-corrected chi connectivity index (χ2v) is 7.34. The molecule has 0 saturated carbocycles. The third-order valence-electron chi connectivity index (χ3n) is 5.16. The molecule has 4 nitrogen and oxygen atoms in total. The molecule has 2 aliphatic rings. The number of nitrogens with one attached hydrogen (secondary N) is 1. The van der Waals surface area contributed by atoms with Gasteiger partial charge in [-0.2, -0.15) is 0 Å². The summed E-state index contributed by atoms with van der Waals surface area (Å²) in [4.78, 5) is 12.4. The first-order valence-corrected chi connectivity index (χ1v) is 8.86. The van der Waals surface area contributed by atoms with Crippen LogP contribution in [-0.2, 0) is 23.1 Å². The number of carbonyl (C=O) groups is 1. The molecule has 0 fully saturated rings.